The van der Waals surface area contributed by atoms with E-state index in [1.165, 1.54) is 11.1 Å². The summed E-state index contributed by atoms with van der Waals surface area (Å²) in [6.45, 7) is 6.30. The zero-order valence-electron chi connectivity index (χ0n) is 9.00. The van der Waals surface area contributed by atoms with Crippen LogP contribution in [0, 0.1) is 0 Å². The van der Waals surface area contributed by atoms with Crippen LogP contribution in [0.2, 0.25) is 0 Å². The van der Waals surface area contributed by atoms with Gasteiger partial charge in [-0.2, -0.15) is 0 Å². The van der Waals surface area contributed by atoms with Crippen LogP contribution in [0.1, 0.15) is 31.9 Å². The van der Waals surface area contributed by atoms with Crippen LogP contribution in [-0.4, -0.2) is 5.60 Å². The van der Waals surface area contributed by atoms with Gasteiger partial charge in [0.15, 0.2) is 0 Å². The van der Waals surface area contributed by atoms with Gasteiger partial charge < -0.3 is 4.74 Å². The van der Waals surface area contributed by atoms with E-state index in [1.54, 1.807) is 0 Å². The summed E-state index contributed by atoms with van der Waals surface area (Å²) in [5.41, 5.74) is 2.39. The van der Waals surface area contributed by atoms with Crippen LogP contribution >= 0.6 is 0 Å². The first-order valence-corrected chi connectivity index (χ1v) is 5.12. The Morgan fingerprint density at radius 2 is 2.07 bits per heavy atom. The molecule has 0 aromatic heterocycles. The minimum Gasteiger partial charge on any atom is -0.483 e. The number of aryl methyl sites for hydroxylation is 1. The third-order valence-corrected chi connectivity index (χ3v) is 2.52. The maximum atomic E-state index is 5.83. The summed E-state index contributed by atoms with van der Waals surface area (Å²) in [6, 6.07) is 6.40. The Morgan fingerprint density at radius 3 is 2.79 bits per heavy atom. The van der Waals surface area contributed by atoms with E-state index < -0.39 is 0 Å². The fourth-order valence-electron chi connectivity index (χ4n) is 1.65. The van der Waals surface area contributed by atoms with Crippen molar-refractivity contribution in [2.45, 2.75) is 32.8 Å². The molecule has 0 aliphatic carbocycles. The van der Waals surface area contributed by atoms with Gasteiger partial charge in [-0.15, -0.1) is 0 Å². The molecule has 1 aliphatic rings. The maximum absolute atomic E-state index is 5.83. The van der Waals surface area contributed by atoms with Crippen LogP contribution in [-0.2, 0) is 6.42 Å². The average molecular weight is 188 g/mol. The van der Waals surface area contributed by atoms with Crippen LogP contribution in [0.5, 0.6) is 5.75 Å². The highest BCUT2D eigenvalue weighted by molar-refractivity contribution is 5.61. The SMILES string of the molecule is CCc1ccc2c(c1)C=CC(C)(C)O2. The molecule has 0 bridgehead atoms. The van der Waals surface area contributed by atoms with Gasteiger partial charge in [0.25, 0.3) is 0 Å². The normalized spacial score (nSPS) is 17.4. The van der Waals surface area contributed by atoms with Gasteiger partial charge in [-0.3, -0.25) is 0 Å². The Bertz CT molecular complexity index is 375. The second-order valence-corrected chi connectivity index (χ2v) is 4.26. The second kappa shape index (κ2) is 3.16. The monoisotopic (exact) mass is 188 g/mol. The fourth-order valence-corrected chi connectivity index (χ4v) is 1.65. The van der Waals surface area contributed by atoms with Gasteiger partial charge in [0.2, 0.25) is 0 Å². The summed E-state index contributed by atoms with van der Waals surface area (Å²) in [7, 11) is 0. The van der Waals surface area contributed by atoms with Crippen LogP contribution in [0.3, 0.4) is 0 Å². The first-order chi connectivity index (χ1) is 6.61. The number of fused-ring (bicyclic) bond motifs is 1. The summed E-state index contributed by atoms with van der Waals surface area (Å²) >= 11 is 0. The van der Waals surface area contributed by atoms with Crippen molar-refractivity contribution in [1.29, 1.82) is 0 Å². The van der Waals surface area contributed by atoms with Crippen molar-refractivity contribution in [3.63, 3.8) is 0 Å². The molecule has 1 aromatic carbocycles. The quantitative estimate of drug-likeness (QED) is 0.656. The standard InChI is InChI=1S/C13H16O/c1-4-10-5-6-12-11(9-10)7-8-13(2,3)14-12/h5-9H,4H2,1-3H3. The van der Waals surface area contributed by atoms with E-state index in [9.17, 15) is 0 Å². The average Bonchev–Trinajstić information content (AvgIpc) is 2.16. The second-order valence-electron chi connectivity index (χ2n) is 4.26. The molecule has 2 rings (SSSR count). The summed E-state index contributed by atoms with van der Waals surface area (Å²) < 4.78 is 5.83. The van der Waals surface area contributed by atoms with E-state index in [-0.39, 0.29) is 5.60 Å². The highest BCUT2D eigenvalue weighted by Crippen LogP contribution is 2.31. The fraction of sp³-hybridized carbons (Fsp3) is 0.385. The van der Waals surface area contributed by atoms with Crippen molar-refractivity contribution >= 4 is 6.08 Å². The van der Waals surface area contributed by atoms with E-state index >= 15 is 0 Å². The molecule has 0 saturated heterocycles. The Hall–Kier alpha value is -1.24. The Kier molecular flexibility index (Phi) is 2.10. The minimum atomic E-state index is -0.166. The lowest BCUT2D eigenvalue weighted by molar-refractivity contribution is 0.159. The zero-order chi connectivity index (χ0) is 10.2. The lowest BCUT2D eigenvalue weighted by atomic mass is 10.0. The molecule has 0 fully saturated rings. The van der Waals surface area contributed by atoms with Gasteiger partial charge in [-0.1, -0.05) is 19.1 Å². The van der Waals surface area contributed by atoms with Crippen molar-refractivity contribution < 1.29 is 4.74 Å². The molecule has 0 atom stereocenters. The number of hydrogen-bond acceptors (Lipinski definition) is 1. The highest BCUT2D eigenvalue weighted by Gasteiger charge is 2.21. The van der Waals surface area contributed by atoms with Gasteiger partial charge in [0, 0.05) is 5.56 Å². The Morgan fingerprint density at radius 1 is 1.29 bits per heavy atom. The van der Waals surface area contributed by atoms with Gasteiger partial charge >= 0.3 is 0 Å². The third kappa shape index (κ3) is 1.67. The summed E-state index contributed by atoms with van der Waals surface area (Å²) in [4.78, 5) is 0. The molecule has 1 heterocycles. The Balaban J connectivity index is 2.41. The topological polar surface area (TPSA) is 9.23 Å². The van der Waals surface area contributed by atoms with Crippen molar-refractivity contribution in [2.24, 2.45) is 0 Å². The Labute approximate surface area is 85.4 Å². The molecule has 14 heavy (non-hydrogen) atoms. The molecule has 74 valence electrons. The lowest BCUT2D eigenvalue weighted by Gasteiger charge is -2.27. The van der Waals surface area contributed by atoms with Crippen molar-refractivity contribution in [3.8, 4) is 5.75 Å². The molecule has 0 unspecified atom stereocenters. The van der Waals surface area contributed by atoms with Crippen LogP contribution in [0.4, 0.5) is 0 Å². The number of hydrogen-bond donors (Lipinski definition) is 0. The van der Waals surface area contributed by atoms with Gasteiger partial charge in [0.05, 0.1) is 0 Å². The first kappa shape index (κ1) is 9.32. The molecule has 1 heteroatoms. The summed E-state index contributed by atoms with van der Waals surface area (Å²) in [5, 5.41) is 0. The molecule has 0 saturated carbocycles. The first-order valence-electron chi connectivity index (χ1n) is 5.12. The zero-order valence-corrected chi connectivity index (χ0v) is 9.00. The lowest BCUT2D eigenvalue weighted by Crippen LogP contribution is -2.27. The molecule has 0 radical (unpaired) electrons. The van der Waals surface area contributed by atoms with Crippen LogP contribution < -0.4 is 4.74 Å². The van der Waals surface area contributed by atoms with Gasteiger partial charge in [0.1, 0.15) is 11.4 Å². The predicted molar refractivity (Wildman–Crippen MR) is 59.6 cm³/mol. The highest BCUT2D eigenvalue weighted by atomic mass is 16.5. The van der Waals surface area contributed by atoms with Crippen LogP contribution in [0.15, 0.2) is 24.3 Å². The molecule has 1 aromatic rings. The van der Waals surface area contributed by atoms with Crippen LogP contribution in [0.25, 0.3) is 6.08 Å². The maximum Gasteiger partial charge on any atom is 0.127 e. The molecular formula is C13H16O. The summed E-state index contributed by atoms with van der Waals surface area (Å²) in [6.07, 6.45) is 5.33. The molecule has 0 amide bonds. The largest absolute Gasteiger partial charge is 0.483 e. The molecule has 0 spiro atoms. The molecular weight excluding hydrogens is 172 g/mol. The third-order valence-electron chi connectivity index (χ3n) is 2.52. The van der Waals surface area contributed by atoms with E-state index in [0.717, 1.165) is 12.2 Å². The smallest absolute Gasteiger partial charge is 0.127 e. The predicted octanol–water partition coefficient (Wildman–Crippen LogP) is 3.43. The molecule has 1 aliphatic heterocycles. The molecule has 0 N–H and O–H groups in total. The van der Waals surface area contributed by atoms with Gasteiger partial charge in [-0.25, -0.2) is 0 Å². The van der Waals surface area contributed by atoms with Crippen molar-refractivity contribution in [2.75, 3.05) is 0 Å². The van der Waals surface area contributed by atoms with Crippen molar-refractivity contribution in [1.82, 2.24) is 0 Å². The number of ether oxygens (including phenoxy) is 1. The van der Waals surface area contributed by atoms with Gasteiger partial charge in [-0.05, 0) is 44.0 Å². The molecule has 1 nitrogen and oxygen atoms in total. The minimum absolute atomic E-state index is 0.166. The van der Waals surface area contributed by atoms with E-state index in [2.05, 4.69) is 51.1 Å². The summed E-state index contributed by atoms with van der Waals surface area (Å²) in [5.74, 6) is 0.995. The van der Waals surface area contributed by atoms with E-state index in [0.29, 0.717) is 0 Å². The van der Waals surface area contributed by atoms with E-state index in [1.807, 2.05) is 0 Å². The van der Waals surface area contributed by atoms with Crippen molar-refractivity contribution in [3.05, 3.63) is 35.4 Å². The number of benzene rings is 1. The number of rotatable bonds is 1. The van der Waals surface area contributed by atoms with E-state index in [4.69, 9.17) is 4.74 Å².